The van der Waals surface area contributed by atoms with E-state index in [4.69, 9.17) is 4.98 Å². The Bertz CT molecular complexity index is 1070. The van der Waals surface area contributed by atoms with Crippen LogP contribution in [0.1, 0.15) is 36.8 Å². The Balaban J connectivity index is 1.87. The van der Waals surface area contributed by atoms with Gasteiger partial charge in [-0.1, -0.05) is 42.1 Å². The number of carbonyl (C=O) groups is 1. The Morgan fingerprint density at radius 1 is 1.24 bits per heavy atom. The molecule has 0 saturated carbocycles. The molecule has 29 heavy (non-hydrogen) atoms. The van der Waals surface area contributed by atoms with Crippen molar-refractivity contribution < 1.29 is 4.79 Å². The molecule has 1 aromatic carbocycles. The highest BCUT2D eigenvalue weighted by molar-refractivity contribution is 8.00. The zero-order chi connectivity index (χ0) is 21.1. The molecule has 2 heterocycles. The summed E-state index contributed by atoms with van der Waals surface area (Å²) in [5, 5.41) is 0.989. The molecule has 0 radical (unpaired) electrons. The third-order valence-corrected chi connectivity index (χ3v) is 7.29. The second kappa shape index (κ2) is 9.13. The second-order valence-corrected chi connectivity index (χ2v) is 9.52. The van der Waals surface area contributed by atoms with Crippen LogP contribution in [0.4, 0.5) is 0 Å². The zero-order valence-corrected chi connectivity index (χ0v) is 19.2. The number of carbonyl (C=O) groups excluding carboxylic acids is 1. The van der Waals surface area contributed by atoms with E-state index < -0.39 is 0 Å². The van der Waals surface area contributed by atoms with Gasteiger partial charge in [0.2, 0.25) is 5.91 Å². The van der Waals surface area contributed by atoms with E-state index in [2.05, 4.69) is 0 Å². The molecule has 0 aliphatic heterocycles. The van der Waals surface area contributed by atoms with Gasteiger partial charge in [-0.05, 0) is 45.7 Å². The number of aryl methyl sites for hydroxylation is 2. The first-order valence-corrected chi connectivity index (χ1v) is 11.6. The Hall–Kier alpha value is -2.12. The molecule has 0 fully saturated rings. The number of aromatic nitrogens is 2. The van der Waals surface area contributed by atoms with Crippen molar-refractivity contribution in [1.82, 2.24) is 14.5 Å². The van der Waals surface area contributed by atoms with Crippen LogP contribution < -0.4 is 5.56 Å². The van der Waals surface area contributed by atoms with Crippen molar-refractivity contribution in [2.75, 3.05) is 6.54 Å². The first-order chi connectivity index (χ1) is 13.9. The van der Waals surface area contributed by atoms with Gasteiger partial charge in [0, 0.05) is 24.5 Å². The Kier molecular flexibility index (Phi) is 6.80. The summed E-state index contributed by atoms with van der Waals surface area (Å²) < 4.78 is 1.68. The summed E-state index contributed by atoms with van der Waals surface area (Å²) >= 11 is 2.91. The summed E-state index contributed by atoms with van der Waals surface area (Å²) in [4.78, 5) is 34.6. The van der Waals surface area contributed by atoms with Gasteiger partial charge >= 0.3 is 0 Å². The van der Waals surface area contributed by atoms with Gasteiger partial charge in [0.15, 0.2) is 5.16 Å². The minimum absolute atomic E-state index is 0.0156. The van der Waals surface area contributed by atoms with Crippen LogP contribution in [0.3, 0.4) is 0 Å². The first-order valence-electron chi connectivity index (χ1n) is 9.87. The molecule has 5 nitrogen and oxygen atoms in total. The number of rotatable bonds is 7. The van der Waals surface area contributed by atoms with Crippen LogP contribution in [0.2, 0.25) is 0 Å². The molecule has 3 rings (SSSR count). The number of nitrogens with zero attached hydrogens (tertiary/aromatic N) is 3. The van der Waals surface area contributed by atoms with Crippen LogP contribution in [-0.4, -0.2) is 32.2 Å². The Morgan fingerprint density at radius 2 is 1.93 bits per heavy atom. The summed E-state index contributed by atoms with van der Waals surface area (Å²) in [6, 6.07) is 9.99. The number of benzene rings is 1. The zero-order valence-electron chi connectivity index (χ0n) is 17.6. The van der Waals surface area contributed by atoms with E-state index in [0.717, 1.165) is 20.8 Å². The fourth-order valence-electron chi connectivity index (χ4n) is 3.29. The van der Waals surface area contributed by atoms with Gasteiger partial charge in [-0.3, -0.25) is 14.2 Å². The van der Waals surface area contributed by atoms with Crippen LogP contribution in [0.25, 0.3) is 10.2 Å². The lowest BCUT2D eigenvalue weighted by atomic mass is 10.2. The third kappa shape index (κ3) is 4.41. The molecule has 0 bridgehead atoms. The van der Waals surface area contributed by atoms with E-state index in [-0.39, 0.29) is 16.7 Å². The molecule has 1 amide bonds. The van der Waals surface area contributed by atoms with E-state index in [0.29, 0.717) is 30.2 Å². The molecular formula is C22H27N3O2S2. The largest absolute Gasteiger partial charge is 0.338 e. The summed E-state index contributed by atoms with van der Waals surface area (Å²) in [6.45, 7) is 11.5. The van der Waals surface area contributed by atoms with Crippen LogP contribution in [0.15, 0.2) is 40.3 Å². The number of hydrogen-bond acceptors (Lipinski definition) is 5. The maximum absolute atomic E-state index is 13.1. The van der Waals surface area contributed by atoms with Crippen molar-refractivity contribution >= 4 is 39.2 Å². The van der Waals surface area contributed by atoms with Gasteiger partial charge in [0.25, 0.3) is 5.56 Å². The third-order valence-electron chi connectivity index (χ3n) is 5.11. The highest BCUT2D eigenvalue weighted by atomic mass is 32.2. The van der Waals surface area contributed by atoms with Gasteiger partial charge < -0.3 is 4.90 Å². The molecule has 154 valence electrons. The monoisotopic (exact) mass is 429 g/mol. The van der Waals surface area contributed by atoms with Gasteiger partial charge in [0.05, 0.1) is 10.6 Å². The number of thiophene rings is 1. The SMILES string of the molecule is CCN(Cc1ccccc1)C(=O)C(C)Sc1nc2sc(C)c(C)c2c(=O)n1CC. The normalized spacial score (nSPS) is 12.3. The lowest BCUT2D eigenvalue weighted by molar-refractivity contribution is -0.130. The summed E-state index contributed by atoms with van der Waals surface area (Å²) in [5.41, 5.74) is 2.10. The van der Waals surface area contributed by atoms with Crippen molar-refractivity contribution in [3.8, 4) is 0 Å². The minimum atomic E-state index is -0.331. The van der Waals surface area contributed by atoms with Crippen molar-refractivity contribution in [3.63, 3.8) is 0 Å². The van der Waals surface area contributed by atoms with Gasteiger partial charge in [-0.15, -0.1) is 11.3 Å². The Labute approximate surface area is 179 Å². The maximum Gasteiger partial charge on any atom is 0.263 e. The van der Waals surface area contributed by atoms with E-state index >= 15 is 0 Å². The number of hydrogen-bond donors (Lipinski definition) is 0. The molecule has 0 N–H and O–H groups in total. The average Bonchev–Trinajstić information content (AvgIpc) is 3.00. The van der Waals surface area contributed by atoms with E-state index in [1.165, 1.54) is 11.8 Å². The van der Waals surface area contributed by atoms with Crippen molar-refractivity contribution in [3.05, 3.63) is 56.7 Å². The topological polar surface area (TPSA) is 55.2 Å². The van der Waals surface area contributed by atoms with Crippen LogP contribution >= 0.6 is 23.1 Å². The van der Waals surface area contributed by atoms with Gasteiger partial charge in [-0.2, -0.15) is 0 Å². The fraction of sp³-hybridized carbons (Fsp3) is 0.409. The number of amides is 1. The quantitative estimate of drug-likeness (QED) is 0.406. The maximum atomic E-state index is 13.1. The van der Waals surface area contributed by atoms with Crippen molar-refractivity contribution in [2.45, 2.75) is 58.1 Å². The minimum Gasteiger partial charge on any atom is -0.338 e. The van der Waals surface area contributed by atoms with Crippen molar-refractivity contribution in [1.29, 1.82) is 0 Å². The predicted molar refractivity (Wildman–Crippen MR) is 122 cm³/mol. The molecule has 1 atom stereocenters. The first kappa shape index (κ1) is 21.6. The molecule has 2 aromatic heterocycles. The summed E-state index contributed by atoms with van der Waals surface area (Å²) in [5.74, 6) is 0.0527. The lowest BCUT2D eigenvalue weighted by Gasteiger charge is -2.24. The van der Waals surface area contributed by atoms with E-state index in [9.17, 15) is 9.59 Å². The average molecular weight is 430 g/mol. The predicted octanol–water partition coefficient (Wildman–Crippen LogP) is 4.62. The summed E-state index contributed by atoms with van der Waals surface area (Å²) in [6.07, 6.45) is 0. The molecule has 0 spiro atoms. The standard InChI is InChI=1S/C22H27N3O2S2/c1-6-24(13-17-11-9-8-10-12-17)20(26)16(5)29-22-23-19-18(14(3)15(4)28-19)21(27)25(22)7-2/h8-12,16H,6-7,13H2,1-5H3. The second-order valence-electron chi connectivity index (χ2n) is 7.01. The molecular weight excluding hydrogens is 402 g/mol. The smallest absolute Gasteiger partial charge is 0.263 e. The van der Waals surface area contributed by atoms with Crippen LogP contribution in [0.5, 0.6) is 0 Å². The Morgan fingerprint density at radius 3 is 2.55 bits per heavy atom. The molecule has 1 unspecified atom stereocenters. The van der Waals surface area contributed by atoms with E-state index in [1.54, 1.807) is 15.9 Å². The van der Waals surface area contributed by atoms with Crippen LogP contribution in [0, 0.1) is 13.8 Å². The van der Waals surface area contributed by atoms with Gasteiger partial charge in [0.1, 0.15) is 4.83 Å². The highest BCUT2D eigenvalue weighted by Gasteiger charge is 2.24. The molecule has 0 aliphatic rings. The van der Waals surface area contributed by atoms with E-state index in [1.807, 2.05) is 69.9 Å². The van der Waals surface area contributed by atoms with Crippen molar-refractivity contribution in [2.24, 2.45) is 0 Å². The number of thioether (sulfide) groups is 1. The lowest BCUT2D eigenvalue weighted by Crippen LogP contribution is -2.36. The molecule has 0 aliphatic carbocycles. The number of fused-ring (bicyclic) bond motifs is 1. The molecule has 3 aromatic rings. The molecule has 7 heteroatoms. The summed E-state index contributed by atoms with van der Waals surface area (Å²) in [7, 11) is 0. The van der Waals surface area contributed by atoms with Gasteiger partial charge in [-0.25, -0.2) is 4.98 Å². The molecule has 0 saturated heterocycles. The van der Waals surface area contributed by atoms with Crippen LogP contribution in [-0.2, 0) is 17.9 Å². The fourth-order valence-corrected chi connectivity index (χ4v) is 5.42. The highest BCUT2D eigenvalue weighted by Crippen LogP contribution is 2.30.